The van der Waals surface area contributed by atoms with E-state index >= 15 is 0 Å². The van der Waals surface area contributed by atoms with Crippen LogP contribution in [0.15, 0.2) is 10.4 Å². The van der Waals surface area contributed by atoms with Gasteiger partial charge in [-0.05, 0) is 52.1 Å². The molecule has 0 saturated carbocycles. The van der Waals surface area contributed by atoms with Crippen molar-refractivity contribution in [1.82, 2.24) is 25.5 Å². The summed E-state index contributed by atoms with van der Waals surface area (Å²) in [5, 5.41) is 11.5. The number of rotatable bonds is 7. The van der Waals surface area contributed by atoms with Gasteiger partial charge in [0.2, 0.25) is 0 Å². The van der Waals surface area contributed by atoms with E-state index in [4.69, 9.17) is 4.98 Å². The number of hydrogen-bond donors (Lipinski definition) is 2. The van der Waals surface area contributed by atoms with Crippen LogP contribution in [0.3, 0.4) is 0 Å². The van der Waals surface area contributed by atoms with Gasteiger partial charge in [-0.25, -0.2) is 9.97 Å². The summed E-state index contributed by atoms with van der Waals surface area (Å²) in [6.07, 6.45) is 3.48. The molecule has 1 aliphatic heterocycles. The van der Waals surface area contributed by atoms with Crippen molar-refractivity contribution < 1.29 is 0 Å². The van der Waals surface area contributed by atoms with Gasteiger partial charge in [0, 0.05) is 30.4 Å². The lowest BCUT2D eigenvalue weighted by molar-refractivity contribution is 0.176. The van der Waals surface area contributed by atoms with Crippen LogP contribution in [-0.4, -0.2) is 47.5 Å². The van der Waals surface area contributed by atoms with Crippen LogP contribution in [0.2, 0.25) is 0 Å². The lowest BCUT2D eigenvalue weighted by Crippen LogP contribution is -2.42. The number of piperidine rings is 1. The summed E-state index contributed by atoms with van der Waals surface area (Å²) in [4.78, 5) is 17.5. The highest BCUT2D eigenvalue weighted by Gasteiger charge is 2.20. The van der Waals surface area contributed by atoms with E-state index in [9.17, 15) is 0 Å². The van der Waals surface area contributed by atoms with Crippen molar-refractivity contribution in [3.05, 3.63) is 31.7 Å². The van der Waals surface area contributed by atoms with Crippen molar-refractivity contribution in [3.8, 4) is 0 Å². The van der Waals surface area contributed by atoms with Crippen molar-refractivity contribution in [2.75, 3.05) is 26.7 Å². The second-order valence-electron chi connectivity index (χ2n) is 7.36. The molecule has 29 heavy (non-hydrogen) atoms. The SMILES string of the molecule is CCc1nc(CN2CCC(CNC(=NC)NCc3nc(C)c(C)s3)CC2)cs1.I. The van der Waals surface area contributed by atoms with E-state index in [1.807, 2.05) is 7.05 Å². The highest BCUT2D eigenvalue weighted by molar-refractivity contribution is 14.0. The van der Waals surface area contributed by atoms with E-state index in [0.29, 0.717) is 5.92 Å². The zero-order valence-electron chi connectivity index (χ0n) is 17.8. The number of nitrogens with zero attached hydrogens (tertiary/aromatic N) is 4. The lowest BCUT2D eigenvalue weighted by atomic mass is 9.97. The van der Waals surface area contributed by atoms with Crippen molar-refractivity contribution >= 4 is 52.6 Å². The number of aryl methyl sites for hydroxylation is 3. The maximum atomic E-state index is 4.70. The normalized spacial score (nSPS) is 15.9. The summed E-state index contributed by atoms with van der Waals surface area (Å²) in [6, 6.07) is 0. The first kappa shape index (κ1) is 24.5. The molecule has 0 radical (unpaired) electrons. The van der Waals surface area contributed by atoms with Gasteiger partial charge in [0.05, 0.1) is 22.9 Å². The number of hydrogen-bond acceptors (Lipinski definition) is 6. The molecule has 0 atom stereocenters. The van der Waals surface area contributed by atoms with Crippen LogP contribution in [-0.2, 0) is 19.5 Å². The van der Waals surface area contributed by atoms with Gasteiger partial charge in [-0.15, -0.1) is 46.7 Å². The van der Waals surface area contributed by atoms with E-state index in [-0.39, 0.29) is 24.0 Å². The topological polar surface area (TPSA) is 65.4 Å². The molecule has 6 nitrogen and oxygen atoms in total. The Bertz CT molecular complexity index is 760. The number of nitrogens with one attached hydrogen (secondary N) is 2. The quantitative estimate of drug-likeness (QED) is 0.312. The molecule has 0 spiro atoms. The van der Waals surface area contributed by atoms with E-state index in [2.05, 4.69) is 51.7 Å². The Balaban J connectivity index is 0.00000300. The predicted molar refractivity (Wildman–Crippen MR) is 135 cm³/mol. The first-order valence-electron chi connectivity index (χ1n) is 10.1. The van der Waals surface area contributed by atoms with E-state index in [1.165, 1.54) is 28.4 Å². The third-order valence-electron chi connectivity index (χ3n) is 5.26. The van der Waals surface area contributed by atoms with Crippen molar-refractivity contribution in [1.29, 1.82) is 0 Å². The Morgan fingerprint density at radius 1 is 1.21 bits per heavy atom. The monoisotopic (exact) mass is 548 g/mol. The Hall–Kier alpha value is -0.780. The van der Waals surface area contributed by atoms with Crippen LogP contribution in [0.25, 0.3) is 0 Å². The molecule has 2 aromatic heterocycles. The van der Waals surface area contributed by atoms with Gasteiger partial charge < -0.3 is 10.6 Å². The van der Waals surface area contributed by atoms with Gasteiger partial charge in [-0.3, -0.25) is 9.89 Å². The highest BCUT2D eigenvalue weighted by atomic mass is 127. The lowest BCUT2D eigenvalue weighted by Gasteiger charge is -2.31. The molecule has 3 heterocycles. The third kappa shape index (κ3) is 7.45. The summed E-state index contributed by atoms with van der Waals surface area (Å²) < 4.78 is 0. The van der Waals surface area contributed by atoms with Crippen LogP contribution < -0.4 is 10.6 Å². The number of aromatic nitrogens is 2. The van der Waals surface area contributed by atoms with Gasteiger partial charge >= 0.3 is 0 Å². The number of likely N-dealkylation sites (tertiary alicyclic amines) is 1. The number of guanidine groups is 1. The van der Waals surface area contributed by atoms with Crippen LogP contribution >= 0.6 is 46.7 Å². The van der Waals surface area contributed by atoms with Gasteiger partial charge in [0.25, 0.3) is 0 Å². The van der Waals surface area contributed by atoms with Crippen molar-refractivity contribution in [2.45, 2.75) is 53.1 Å². The fourth-order valence-corrected chi connectivity index (χ4v) is 5.01. The average molecular weight is 549 g/mol. The predicted octanol–water partition coefficient (Wildman–Crippen LogP) is 3.97. The molecule has 0 bridgehead atoms. The Morgan fingerprint density at radius 2 is 1.97 bits per heavy atom. The summed E-state index contributed by atoms with van der Waals surface area (Å²) in [7, 11) is 1.83. The second-order valence-corrected chi connectivity index (χ2v) is 9.59. The molecule has 1 aliphatic rings. The molecule has 1 fully saturated rings. The second kappa shape index (κ2) is 12.2. The molecule has 0 amide bonds. The van der Waals surface area contributed by atoms with Crippen LogP contribution in [0, 0.1) is 19.8 Å². The summed E-state index contributed by atoms with van der Waals surface area (Å²) in [5.41, 5.74) is 2.36. The summed E-state index contributed by atoms with van der Waals surface area (Å²) >= 11 is 3.54. The van der Waals surface area contributed by atoms with Gasteiger partial charge in [-0.2, -0.15) is 0 Å². The Morgan fingerprint density at radius 3 is 2.55 bits per heavy atom. The third-order valence-corrected chi connectivity index (χ3v) is 7.37. The van der Waals surface area contributed by atoms with Crippen LogP contribution in [0.1, 0.15) is 46.0 Å². The average Bonchev–Trinajstić information content (AvgIpc) is 3.29. The van der Waals surface area contributed by atoms with Crippen molar-refractivity contribution in [2.24, 2.45) is 10.9 Å². The zero-order valence-corrected chi connectivity index (χ0v) is 21.8. The highest BCUT2D eigenvalue weighted by Crippen LogP contribution is 2.20. The van der Waals surface area contributed by atoms with Gasteiger partial charge in [0.15, 0.2) is 5.96 Å². The number of aliphatic imine (C=N–C) groups is 1. The Labute approximate surface area is 199 Å². The largest absolute Gasteiger partial charge is 0.356 e. The molecule has 0 aliphatic carbocycles. The molecule has 3 rings (SSSR count). The smallest absolute Gasteiger partial charge is 0.191 e. The van der Waals surface area contributed by atoms with Crippen LogP contribution in [0.5, 0.6) is 0 Å². The molecule has 162 valence electrons. The molecule has 0 unspecified atom stereocenters. The number of thiazole rings is 2. The van der Waals surface area contributed by atoms with E-state index in [1.54, 1.807) is 22.7 Å². The number of halogens is 1. The van der Waals surface area contributed by atoms with Crippen molar-refractivity contribution in [3.63, 3.8) is 0 Å². The minimum atomic E-state index is 0. The van der Waals surface area contributed by atoms with E-state index in [0.717, 1.165) is 55.8 Å². The first-order valence-corrected chi connectivity index (χ1v) is 11.8. The summed E-state index contributed by atoms with van der Waals surface area (Å²) in [5.74, 6) is 1.56. The standard InChI is InChI=1S/C20H32N6S2.HI/c1-5-18-25-17(13-27-18)12-26-8-6-16(7-9-26)10-22-20(21-4)23-11-19-24-14(2)15(3)28-19;/h13,16H,5-12H2,1-4H3,(H2,21,22,23);1H. The molecular weight excluding hydrogens is 515 g/mol. The fraction of sp³-hybridized carbons (Fsp3) is 0.650. The zero-order chi connectivity index (χ0) is 19.9. The van der Waals surface area contributed by atoms with E-state index < -0.39 is 0 Å². The minimum Gasteiger partial charge on any atom is -0.356 e. The molecule has 9 heteroatoms. The molecule has 2 N–H and O–H groups in total. The molecule has 0 aromatic carbocycles. The Kier molecular flexibility index (Phi) is 10.3. The van der Waals surface area contributed by atoms with Crippen LogP contribution in [0.4, 0.5) is 0 Å². The van der Waals surface area contributed by atoms with Gasteiger partial charge in [-0.1, -0.05) is 6.92 Å². The van der Waals surface area contributed by atoms with Gasteiger partial charge in [0.1, 0.15) is 5.01 Å². The minimum absolute atomic E-state index is 0. The molecule has 2 aromatic rings. The summed E-state index contributed by atoms with van der Waals surface area (Å²) in [6.45, 7) is 11.3. The maximum Gasteiger partial charge on any atom is 0.191 e. The molecular formula is C20H33IN6S2. The fourth-order valence-electron chi connectivity index (χ4n) is 3.40. The maximum absolute atomic E-state index is 4.70. The molecule has 1 saturated heterocycles. The first-order chi connectivity index (χ1) is 13.6.